The van der Waals surface area contributed by atoms with Crippen LogP contribution in [-0.2, 0) is 4.74 Å². The number of rotatable bonds is 2. The molecule has 0 unspecified atom stereocenters. The molecule has 1 aromatic rings. The summed E-state index contributed by atoms with van der Waals surface area (Å²) in [4.78, 5) is 20.8. The molecule has 0 spiro atoms. The van der Waals surface area contributed by atoms with Crippen molar-refractivity contribution < 1.29 is 9.53 Å². The quantitative estimate of drug-likeness (QED) is 0.791. The van der Waals surface area contributed by atoms with Crippen LogP contribution in [-0.4, -0.2) is 47.8 Å². The van der Waals surface area contributed by atoms with E-state index in [0.29, 0.717) is 17.4 Å². The molecule has 0 saturated carbocycles. The summed E-state index contributed by atoms with van der Waals surface area (Å²) in [6.07, 6.45) is 5.95. The number of hydrogen-bond acceptors (Lipinski definition) is 5. The molecule has 0 aromatic carbocycles. The molecule has 2 aliphatic rings. The van der Waals surface area contributed by atoms with Gasteiger partial charge in [0, 0.05) is 32.4 Å². The van der Waals surface area contributed by atoms with E-state index in [0.717, 1.165) is 57.7 Å². The normalized spacial score (nSPS) is 19.6. The van der Waals surface area contributed by atoms with Gasteiger partial charge in [-0.1, -0.05) is 0 Å². The highest BCUT2D eigenvalue weighted by molar-refractivity contribution is 5.68. The molecule has 0 radical (unpaired) electrons. The van der Waals surface area contributed by atoms with E-state index in [1.54, 1.807) is 12.3 Å². The van der Waals surface area contributed by atoms with Gasteiger partial charge in [0.2, 0.25) is 0 Å². The lowest BCUT2D eigenvalue weighted by atomic mass is 9.79. The molecule has 3 rings (SSSR count). The summed E-state index contributed by atoms with van der Waals surface area (Å²) in [5, 5.41) is 9.06. The van der Waals surface area contributed by atoms with E-state index < -0.39 is 5.60 Å². The molecule has 0 bridgehead atoms. The van der Waals surface area contributed by atoms with Crippen molar-refractivity contribution in [3.8, 4) is 6.07 Å². The van der Waals surface area contributed by atoms with Crippen molar-refractivity contribution in [2.24, 2.45) is 11.8 Å². The second kappa shape index (κ2) is 8.16. The van der Waals surface area contributed by atoms with Crippen molar-refractivity contribution in [1.82, 2.24) is 9.88 Å². The Hall–Kier alpha value is -2.29. The molecule has 146 valence electrons. The van der Waals surface area contributed by atoms with Crippen molar-refractivity contribution in [1.29, 1.82) is 5.26 Å². The minimum atomic E-state index is -0.433. The van der Waals surface area contributed by atoms with Crippen LogP contribution in [0.5, 0.6) is 0 Å². The first-order chi connectivity index (χ1) is 12.9. The van der Waals surface area contributed by atoms with Crippen LogP contribution in [0.25, 0.3) is 0 Å². The van der Waals surface area contributed by atoms with Crippen LogP contribution in [0.15, 0.2) is 18.3 Å². The Labute approximate surface area is 162 Å². The van der Waals surface area contributed by atoms with Gasteiger partial charge in [-0.2, -0.15) is 5.26 Å². The zero-order chi connectivity index (χ0) is 19.4. The number of pyridine rings is 1. The summed E-state index contributed by atoms with van der Waals surface area (Å²) in [5.41, 5.74) is 0.231. The smallest absolute Gasteiger partial charge is 0.410 e. The first-order valence-corrected chi connectivity index (χ1v) is 9.95. The van der Waals surface area contributed by atoms with Crippen LogP contribution >= 0.6 is 0 Å². The predicted molar refractivity (Wildman–Crippen MR) is 104 cm³/mol. The van der Waals surface area contributed by atoms with Gasteiger partial charge in [-0.15, -0.1) is 0 Å². The van der Waals surface area contributed by atoms with Gasteiger partial charge >= 0.3 is 6.09 Å². The molecule has 0 aliphatic carbocycles. The summed E-state index contributed by atoms with van der Waals surface area (Å²) in [5.74, 6) is 2.30. The van der Waals surface area contributed by atoms with Crippen LogP contribution in [0.2, 0.25) is 0 Å². The van der Waals surface area contributed by atoms with Gasteiger partial charge in [-0.25, -0.2) is 9.78 Å². The molecule has 1 amide bonds. The maximum atomic E-state index is 12.2. The fraction of sp³-hybridized carbons (Fsp3) is 0.667. The van der Waals surface area contributed by atoms with E-state index in [1.807, 2.05) is 31.7 Å². The number of nitrogens with zero attached hydrogens (tertiary/aromatic N) is 4. The maximum absolute atomic E-state index is 12.2. The minimum Gasteiger partial charge on any atom is -0.444 e. The largest absolute Gasteiger partial charge is 0.444 e. The number of carbonyl (C=O) groups is 1. The zero-order valence-corrected chi connectivity index (χ0v) is 16.6. The van der Waals surface area contributed by atoms with Gasteiger partial charge in [-0.05, 0) is 70.4 Å². The van der Waals surface area contributed by atoms with Crippen LogP contribution in [0.1, 0.15) is 52.0 Å². The monoisotopic (exact) mass is 370 g/mol. The third kappa shape index (κ3) is 5.12. The Morgan fingerprint density at radius 3 is 2.30 bits per heavy atom. The summed E-state index contributed by atoms with van der Waals surface area (Å²) < 4.78 is 5.49. The standard InChI is InChI=1S/C21H30N4O2/c1-21(2,3)27-20(26)25-12-7-18(8-13-25)17-5-10-24(11-6-17)19-14-16(15-22)4-9-23-19/h4,9,14,17-18H,5-8,10-13H2,1-3H3. The van der Waals surface area contributed by atoms with Gasteiger partial charge in [0.25, 0.3) is 0 Å². The van der Waals surface area contributed by atoms with Crippen LogP contribution in [0, 0.1) is 23.2 Å². The summed E-state index contributed by atoms with van der Waals surface area (Å²) in [7, 11) is 0. The molecule has 2 fully saturated rings. The van der Waals surface area contributed by atoms with E-state index in [1.165, 1.54) is 0 Å². The molecule has 2 aliphatic heterocycles. The zero-order valence-electron chi connectivity index (χ0n) is 16.6. The van der Waals surface area contributed by atoms with Crippen molar-refractivity contribution in [3.05, 3.63) is 23.9 Å². The highest BCUT2D eigenvalue weighted by atomic mass is 16.6. The lowest BCUT2D eigenvalue weighted by molar-refractivity contribution is 0.0152. The number of likely N-dealkylation sites (tertiary alicyclic amines) is 1. The third-order valence-electron chi connectivity index (χ3n) is 5.60. The van der Waals surface area contributed by atoms with E-state index in [-0.39, 0.29) is 6.09 Å². The number of ether oxygens (including phenoxy) is 1. The third-order valence-corrected chi connectivity index (χ3v) is 5.60. The second-order valence-corrected chi connectivity index (χ2v) is 8.64. The van der Waals surface area contributed by atoms with Crippen molar-refractivity contribution >= 4 is 11.9 Å². The van der Waals surface area contributed by atoms with Crippen LogP contribution in [0.4, 0.5) is 10.6 Å². The molecule has 2 saturated heterocycles. The average Bonchev–Trinajstić information content (AvgIpc) is 2.67. The first-order valence-electron chi connectivity index (χ1n) is 9.95. The molecule has 0 atom stereocenters. The number of nitriles is 1. The van der Waals surface area contributed by atoms with Crippen LogP contribution < -0.4 is 4.90 Å². The number of hydrogen-bond donors (Lipinski definition) is 0. The maximum Gasteiger partial charge on any atom is 0.410 e. The number of aromatic nitrogens is 1. The Morgan fingerprint density at radius 2 is 1.74 bits per heavy atom. The molecular formula is C21H30N4O2. The van der Waals surface area contributed by atoms with E-state index in [9.17, 15) is 4.79 Å². The topological polar surface area (TPSA) is 69.5 Å². The van der Waals surface area contributed by atoms with E-state index >= 15 is 0 Å². The number of piperidine rings is 2. The molecular weight excluding hydrogens is 340 g/mol. The molecule has 27 heavy (non-hydrogen) atoms. The Kier molecular flexibility index (Phi) is 5.88. The highest BCUT2D eigenvalue weighted by Crippen LogP contribution is 2.34. The van der Waals surface area contributed by atoms with Crippen molar-refractivity contribution in [2.45, 2.75) is 52.1 Å². The first kappa shape index (κ1) is 19.5. The van der Waals surface area contributed by atoms with Crippen LogP contribution in [0.3, 0.4) is 0 Å². The fourth-order valence-electron chi connectivity index (χ4n) is 4.14. The fourth-order valence-corrected chi connectivity index (χ4v) is 4.14. The SMILES string of the molecule is CC(C)(C)OC(=O)N1CCC(C2CCN(c3cc(C#N)ccn3)CC2)CC1. The van der Waals surface area contributed by atoms with Gasteiger partial charge in [0.05, 0.1) is 11.6 Å². The van der Waals surface area contributed by atoms with Crippen molar-refractivity contribution in [3.63, 3.8) is 0 Å². The van der Waals surface area contributed by atoms with Gasteiger partial charge in [-0.3, -0.25) is 0 Å². The van der Waals surface area contributed by atoms with E-state index in [2.05, 4.69) is 16.0 Å². The summed E-state index contributed by atoms with van der Waals surface area (Å²) in [6, 6.07) is 5.80. The molecule has 6 heteroatoms. The van der Waals surface area contributed by atoms with Gasteiger partial charge in [0.15, 0.2) is 0 Å². The highest BCUT2D eigenvalue weighted by Gasteiger charge is 2.32. The Bertz CT molecular complexity index is 691. The number of carbonyl (C=O) groups excluding carboxylic acids is 1. The van der Waals surface area contributed by atoms with E-state index in [4.69, 9.17) is 10.00 Å². The lowest BCUT2D eigenvalue weighted by Crippen LogP contribution is -2.44. The van der Waals surface area contributed by atoms with Crippen molar-refractivity contribution in [2.75, 3.05) is 31.1 Å². The Morgan fingerprint density at radius 1 is 1.15 bits per heavy atom. The van der Waals surface area contributed by atoms with Gasteiger partial charge in [0.1, 0.15) is 11.4 Å². The second-order valence-electron chi connectivity index (χ2n) is 8.64. The molecule has 1 aromatic heterocycles. The summed E-state index contributed by atoms with van der Waals surface area (Å²) in [6.45, 7) is 9.29. The summed E-state index contributed by atoms with van der Waals surface area (Å²) >= 11 is 0. The Balaban J connectivity index is 1.47. The molecule has 6 nitrogen and oxygen atoms in total. The average molecular weight is 370 g/mol. The number of amides is 1. The molecule has 3 heterocycles. The predicted octanol–water partition coefficient (Wildman–Crippen LogP) is 3.82. The lowest BCUT2D eigenvalue weighted by Gasteiger charge is -2.40. The minimum absolute atomic E-state index is 0.181. The number of anilines is 1. The van der Waals surface area contributed by atoms with Gasteiger partial charge < -0.3 is 14.5 Å². The molecule has 0 N–H and O–H groups in total.